The van der Waals surface area contributed by atoms with Crippen LogP contribution in [0.5, 0.6) is 0 Å². The fraction of sp³-hybridized carbons (Fsp3) is 1.00. The predicted molar refractivity (Wildman–Crippen MR) is 67.6 cm³/mol. The summed E-state index contributed by atoms with van der Waals surface area (Å²) in [5.74, 6) is -1.12. The Bertz CT molecular complexity index is 219. The summed E-state index contributed by atoms with van der Waals surface area (Å²) in [5, 5.41) is 3.30. The largest absolute Gasteiger partial charge is 0.393 e. The number of likely N-dealkylation sites (tertiary alicyclic amines) is 1. The molecule has 0 aromatic heterocycles. The Labute approximate surface area is 108 Å². The molecule has 0 spiro atoms. The number of unbranched alkanes of at least 4 members (excludes halogenated alkanes) is 2. The van der Waals surface area contributed by atoms with Crippen molar-refractivity contribution >= 4 is 0 Å². The number of rotatable bonds is 7. The molecule has 1 saturated heterocycles. The van der Waals surface area contributed by atoms with E-state index in [-0.39, 0.29) is 6.54 Å². The molecule has 1 rings (SSSR count). The maximum absolute atomic E-state index is 12.6. The summed E-state index contributed by atoms with van der Waals surface area (Å²) in [5.41, 5.74) is 0. The van der Waals surface area contributed by atoms with Gasteiger partial charge >= 0.3 is 6.18 Å². The molecule has 0 aromatic rings. The molecule has 0 radical (unpaired) electrons. The van der Waals surface area contributed by atoms with E-state index in [1.165, 1.54) is 12.8 Å². The summed E-state index contributed by atoms with van der Waals surface area (Å²) in [6.45, 7) is 5.66. The van der Waals surface area contributed by atoms with Gasteiger partial charge in [0.1, 0.15) is 0 Å². The van der Waals surface area contributed by atoms with Gasteiger partial charge in [0.2, 0.25) is 0 Å². The van der Waals surface area contributed by atoms with E-state index in [1.807, 2.05) is 4.90 Å². The van der Waals surface area contributed by atoms with Crippen molar-refractivity contribution in [1.82, 2.24) is 10.2 Å². The monoisotopic (exact) mass is 266 g/mol. The first-order valence-corrected chi connectivity index (χ1v) is 7.04. The Kier molecular flexibility index (Phi) is 7.00. The van der Waals surface area contributed by atoms with E-state index in [4.69, 9.17) is 0 Å². The van der Waals surface area contributed by atoms with Crippen molar-refractivity contribution in [3.05, 3.63) is 0 Å². The van der Waals surface area contributed by atoms with Crippen molar-refractivity contribution in [3.63, 3.8) is 0 Å². The maximum Gasteiger partial charge on any atom is 0.393 e. The minimum absolute atomic E-state index is 0.181. The lowest BCUT2D eigenvalue weighted by atomic mass is 9.97. The molecule has 1 N–H and O–H groups in total. The molecule has 108 valence electrons. The summed E-state index contributed by atoms with van der Waals surface area (Å²) in [6, 6.07) is 0. The number of nitrogens with one attached hydrogen (secondary N) is 1. The van der Waals surface area contributed by atoms with E-state index in [0.717, 1.165) is 32.6 Å². The molecule has 1 heterocycles. The van der Waals surface area contributed by atoms with Crippen LogP contribution in [0, 0.1) is 5.92 Å². The summed E-state index contributed by atoms with van der Waals surface area (Å²) >= 11 is 0. The average molecular weight is 266 g/mol. The minimum atomic E-state index is -4.02. The van der Waals surface area contributed by atoms with E-state index in [1.54, 1.807) is 0 Å². The molecule has 1 aliphatic rings. The molecule has 0 saturated carbocycles. The van der Waals surface area contributed by atoms with Crippen LogP contribution in [-0.4, -0.2) is 43.8 Å². The Morgan fingerprint density at radius 3 is 2.67 bits per heavy atom. The van der Waals surface area contributed by atoms with Crippen LogP contribution in [0.4, 0.5) is 13.2 Å². The molecular formula is C13H25F3N2. The van der Waals surface area contributed by atoms with Gasteiger partial charge in [-0.15, -0.1) is 0 Å². The van der Waals surface area contributed by atoms with Crippen molar-refractivity contribution in [2.24, 2.45) is 5.92 Å². The van der Waals surface area contributed by atoms with E-state index >= 15 is 0 Å². The lowest BCUT2D eigenvalue weighted by molar-refractivity contribution is -0.186. The zero-order valence-corrected chi connectivity index (χ0v) is 11.2. The molecule has 1 atom stereocenters. The van der Waals surface area contributed by atoms with Crippen LogP contribution in [-0.2, 0) is 0 Å². The Morgan fingerprint density at radius 1 is 1.22 bits per heavy atom. The molecule has 18 heavy (non-hydrogen) atoms. The van der Waals surface area contributed by atoms with Gasteiger partial charge in [-0.25, -0.2) is 0 Å². The first kappa shape index (κ1) is 15.8. The van der Waals surface area contributed by atoms with Gasteiger partial charge in [0.25, 0.3) is 0 Å². The van der Waals surface area contributed by atoms with Gasteiger partial charge in [-0.3, -0.25) is 0 Å². The van der Waals surface area contributed by atoms with Crippen molar-refractivity contribution in [3.8, 4) is 0 Å². The third kappa shape index (κ3) is 6.05. The smallest absolute Gasteiger partial charge is 0.315 e. The van der Waals surface area contributed by atoms with Gasteiger partial charge in [0.15, 0.2) is 0 Å². The SMILES string of the molecule is CCCCCNCCN1CCCC(C(F)(F)F)C1. The Morgan fingerprint density at radius 2 is 2.00 bits per heavy atom. The summed E-state index contributed by atoms with van der Waals surface area (Å²) in [6.07, 6.45) is 0.507. The first-order chi connectivity index (χ1) is 8.54. The molecule has 5 heteroatoms. The standard InChI is InChI=1S/C13H25F3N2/c1-2-3-4-7-17-8-10-18-9-5-6-12(11-18)13(14,15)16/h12,17H,2-11H2,1H3. The number of hydrogen-bond donors (Lipinski definition) is 1. The minimum Gasteiger partial charge on any atom is -0.315 e. The van der Waals surface area contributed by atoms with Gasteiger partial charge in [0.05, 0.1) is 5.92 Å². The number of alkyl halides is 3. The second-order valence-corrected chi connectivity index (χ2v) is 5.14. The number of nitrogens with zero attached hydrogens (tertiary/aromatic N) is 1. The second kappa shape index (κ2) is 8.00. The van der Waals surface area contributed by atoms with Gasteiger partial charge in [-0.1, -0.05) is 19.8 Å². The third-order valence-electron chi connectivity index (χ3n) is 3.53. The molecular weight excluding hydrogens is 241 g/mol. The molecule has 1 aliphatic heterocycles. The highest BCUT2D eigenvalue weighted by atomic mass is 19.4. The fourth-order valence-corrected chi connectivity index (χ4v) is 2.39. The Balaban J connectivity index is 2.11. The quantitative estimate of drug-likeness (QED) is 0.713. The molecule has 2 nitrogen and oxygen atoms in total. The van der Waals surface area contributed by atoms with Gasteiger partial charge in [-0.05, 0) is 32.4 Å². The highest BCUT2D eigenvalue weighted by Crippen LogP contribution is 2.32. The van der Waals surface area contributed by atoms with E-state index in [0.29, 0.717) is 12.8 Å². The van der Waals surface area contributed by atoms with Crippen LogP contribution < -0.4 is 5.32 Å². The lowest BCUT2D eigenvalue weighted by Crippen LogP contribution is -2.44. The van der Waals surface area contributed by atoms with Crippen molar-refractivity contribution < 1.29 is 13.2 Å². The summed E-state index contributed by atoms with van der Waals surface area (Å²) in [4.78, 5) is 1.94. The Hall–Kier alpha value is -0.290. The number of piperidine rings is 1. The first-order valence-electron chi connectivity index (χ1n) is 7.04. The third-order valence-corrected chi connectivity index (χ3v) is 3.53. The van der Waals surface area contributed by atoms with E-state index in [2.05, 4.69) is 12.2 Å². The highest BCUT2D eigenvalue weighted by Gasteiger charge is 2.41. The molecule has 1 fully saturated rings. The predicted octanol–water partition coefficient (Wildman–Crippen LogP) is 3.04. The van der Waals surface area contributed by atoms with Crippen LogP contribution in [0.25, 0.3) is 0 Å². The zero-order chi connectivity index (χ0) is 13.4. The normalized spacial score (nSPS) is 22.3. The molecule has 0 amide bonds. The molecule has 0 aromatic carbocycles. The van der Waals surface area contributed by atoms with Crippen molar-refractivity contribution in [2.75, 3.05) is 32.7 Å². The van der Waals surface area contributed by atoms with Crippen LogP contribution >= 0.6 is 0 Å². The van der Waals surface area contributed by atoms with Crippen LogP contribution in [0.15, 0.2) is 0 Å². The van der Waals surface area contributed by atoms with Crippen LogP contribution in [0.1, 0.15) is 39.0 Å². The highest BCUT2D eigenvalue weighted by molar-refractivity contribution is 4.78. The maximum atomic E-state index is 12.6. The van der Waals surface area contributed by atoms with Crippen LogP contribution in [0.2, 0.25) is 0 Å². The fourth-order valence-electron chi connectivity index (χ4n) is 2.39. The molecule has 0 aliphatic carbocycles. The lowest BCUT2D eigenvalue weighted by Gasteiger charge is -2.33. The summed E-state index contributed by atoms with van der Waals surface area (Å²) < 4.78 is 37.8. The topological polar surface area (TPSA) is 15.3 Å². The summed E-state index contributed by atoms with van der Waals surface area (Å²) in [7, 11) is 0. The average Bonchev–Trinajstić information content (AvgIpc) is 2.33. The molecule has 0 bridgehead atoms. The van der Waals surface area contributed by atoms with Crippen LogP contribution in [0.3, 0.4) is 0 Å². The van der Waals surface area contributed by atoms with E-state index < -0.39 is 12.1 Å². The van der Waals surface area contributed by atoms with E-state index in [9.17, 15) is 13.2 Å². The number of halogens is 3. The zero-order valence-electron chi connectivity index (χ0n) is 11.2. The van der Waals surface area contributed by atoms with Gasteiger partial charge in [0, 0.05) is 19.6 Å². The van der Waals surface area contributed by atoms with Gasteiger partial charge < -0.3 is 10.2 Å². The second-order valence-electron chi connectivity index (χ2n) is 5.14. The molecule has 1 unspecified atom stereocenters. The number of hydrogen-bond acceptors (Lipinski definition) is 2. The van der Waals surface area contributed by atoms with Crippen molar-refractivity contribution in [1.29, 1.82) is 0 Å². The van der Waals surface area contributed by atoms with Gasteiger partial charge in [-0.2, -0.15) is 13.2 Å². The van der Waals surface area contributed by atoms with Crippen molar-refractivity contribution in [2.45, 2.75) is 45.2 Å².